The molecule has 7 heteroatoms. The van der Waals surface area contributed by atoms with Crippen molar-refractivity contribution >= 4 is 17.5 Å². The van der Waals surface area contributed by atoms with Crippen LogP contribution in [-0.4, -0.2) is 21.6 Å². The Morgan fingerprint density at radius 2 is 1.85 bits per heavy atom. The first-order chi connectivity index (χ1) is 16.5. The van der Waals surface area contributed by atoms with Crippen molar-refractivity contribution in [2.45, 2.75) is 25.3 Å². The van der Waals surface area contributed by atoms with Crippen LogP contribution in [0.3, 0.4) is 0 Å². The van der Waals surface area contributed by atoms with Crippen molar-refractivity contribution in [1.82, 2.24) is 15.1 Å². The molecule has 34 heavy (non-hydrogen) atoms. The molecule has 5 rings (SSSR count). The fraction of sp³-hybridized carbons (Fsp3) is 0.148. The van der Waals surface area contributed by atoms with E-state index >= 15 is 0 Å². The van der Waals surface area contributed by atoms with Gasteiger partial charge in [-0.2, -0.15) is 5.10 Å². The summed E-state index contributed by atoms with van der Waals surface area (Å²) in [5.74, 6) is -0.743. The average molecular weight is 455 g/mol. The number of nitrogens with zero attached hydrogens (tertiary/aromatic N) is 2. The summed E-state index contributed by atoms with van der Waals surface area (Å²) in [6.07, 6.45) is 5.18. The lowest BCUT2D eigenvalue weighted by atomic mass is 10.1. The van der Waals surface area contributed by atoms with Crippen LogP contribution < -0.4 is 10.6 Å². The molecule has 0 aliphatic heterocycles. The highest BCUT2D eigenvalue weighted by molar-refractivity contribution is 5.94. The van der Waals surface area contributed by atoms with E-state index in [4.69, 9.17) is 0 Å². The molecule has 1 aliphatic rings. The van der Waals surface area contributed by atoms with E-state index in [9.17, 15) is 14.0 Å². The first-order valence-electron chi connectivity index (χ1n) is 11.1. The fourth-order valence-corrected chi connectivity index (χ4v) is 4.28. The van der Waals surface area contributed by atoms with E-state index < -0.39 is 0 Å². The number of hydrogen-bond acceptors (Lipinski definition) is 3. The van der Waals surface area contributed by atoms with Crippen molar-refractivity contribution in [3.05, 3.63) is 113 Å². The summed E-state index contributed by atoms with van der Waals surface area (Å²) in [6, 6.07) is 21.3. The van der Waals surface area contributed by atoms with Gasteiger partial charge in [0.05, 0.1) is 36.2 Å². The van der Waals surface area contributed by atoms with E-state index in [-0.39, 0.29) is 30.1 Å². The summed E-state index contributed by atoms with van der Waals surface area (Å²) in [4.78, 5) is 25.0. The van der Waals surface area contributed by atoms with Crippen molar-refractivity contribution in [3.8, 4) is 5.69 Å². The number of benzene rings is 3. The standard InChI is InChI=1S/C27H23FN4O2/c28-21-6-3-4-18(14-21)15-26(33)30-22-16-29-32(17-22)23-11-8-20(9-12-23)27(34)31-25-13-10-19-5-1-2-7-24(19)25/h1-9,11-12,14,16-17,25H,10,13,15H2,(H,30,33)(H,31,34). The van der Waals surface area contributed by atoms with Crippen LogP contribution in [-0.2, 0) is 17.6 Å². The monoisotopic (exact) mass is 454 g/mol. The quantitative estimate of drug-likeness (QED) is 0.447. The molecule has 1 heterocycles. The number of aryl methyl sites for hydroxylation is 1. The molecule has 2 N–H and O–H groups in total. The Bertz CT molecular complexity index is 1350. The van der Waals surface area contributed by atoms with Crippen LogP contribution >= 0.6 is 0 Å². The second-order valence-corrected chi connectivity index (χ2v) is 8.34. The van der Waals surface area contributed by atoms with Gasteiger partial charge >= 0.3 is 0 Å². The summed E-state index contributed by atoms with van der Waals surface area (Å²) < 4.78 is 14.9. The molecule has 170 valence electrons. The van der Waals surface area contributed by atoms with Gasteiger partial charge in [0, 0.05) is 5.56 Å². The Balaban J connectivity index is 1.20. The lowest BCUT2D eigenvalue weighted by Gasteiger charge is -2.14. The largest absolute Gasteiger partial charge is 0.345 e. The van der Waals surface area contributed by atoms with Crippen molar-refractivity contribution in [2.24, 2.45) is 0 Å². The number of nitrogens with one attached hydrogen (secondary N) is 2. The van der Waals surface area contributed by atoms with Crippen molar-refractivity contribution in [1.29, 1.82) is 0 Å². The molecule has 1 aliphatic carbocycles. The highest BCUT2D eigenvalue weighted by Gasteiger charge is 2.23. The first kappa shape index (κ1) is 21.6. The molecule has 3 aromatic carbocycles. The van der Waals surface area contributed by atoms with Gasteiger partial charge in [-0.3, -0.25) is 9.59 Å². The SMILES string of the molecule is O=C(Cc1cccc(F)c1)Nc1cnn(-c2ccc(C(=O)NC3CCc4ccccc43)cc2)c1. The number of aromatic nitrogens is 2. The number of rotatable bonds is 6. The minimum atomic E-state index is -0.372. The number of halogens is 1. The predicted octanol–water partition coefficient (Wildman–Crippen LogP) is 4.61. The smallest absolute Gasteiger partial charge is 0.251 e. The fourth-order valence-electron chi connectivity index (χ4n) is 4.28. The van der Waals surface area contributed by atoms with Crippen LogP contribution in [0.25, 0.3) is 5.69 Å². The van der Waals surface area contributed by atoms with Crippen molar-refractivity contribution in [2.75, 3.05) is 5.32 Å². The lowest BCUT2D eigenvalue weighted by molar-refractivity contribution is -0.115. The highest BCUT2D eigenvalue weighted by Crippen LogP contribution is 2.31. The predicted molar refractivity (Wildman–Crippen MR) is 127 cm³/mol. The topological polar surface area (TPSA) is 76.0 Å². The summed E-state index contributed by atoms with van der Waals surface area (Å²) in [5.41, 5.74) is 4.94. The lowest BCUT2D eigenvalue weighted by Crippen LogP contribution is -2.27. The number of anilines is 1. The molecule has 0 fully saturated rings. The molecule has 2 amide bonds. The van der Waals surface area contributed by atoms with Gasteiger partial charge < -0.3 is 10.6 Å². The van der Waals surface area contributed by atoms with Gasteiger partial charge in [0.15, 0.2) is 0 Å². The highest BCUT2D eigenvalue weighted by atomic mass is 19.1. The van der Waals surface area contributed by atoms with E-state index in [0.717, 1.165) is 18.5 Å². The molecule has 0 radical (unpaired) electrons. The molecular formula is C27H23FN4O2. The third kappa shape index (κ3) is 4.73. The Hall–Kier alpha value is -4.26. The zero-order valence-corrected chi connectivity index (χ0v) is 18.4. The molecule has 0 bridgehead atoms. The van der Waals surface area contributed by atoms with Gasteiger partial charge in [0.1, 0.15) is 5.82 Å². The van der Waals surface area contributed by atoms with Gasteiger partial charge in [-0.1, -0.05) is 36.4 Å². The van der Waals surface area contributed by atoms with E-state index in [1.165, 1.54) is 23.3 Å². The average Bonchev–Trinajstić information content (AvgIpc) is 3.46. The van der Waals surface area contributed by atoms with E-state index in [2.05, 4.69) is 27.9 Å². The maximum atomic E-state index is 13.3. The molecule has 0 saturated heterocycles. The molecule has 0 spiro atoms. The second kappa shape index (κ2) is 9.31. The Kier molecular flexibility index (Phi) is 5.91. The Morgan fingerprint density at radius 1 is 1.03 bits per heavy atom. The maximum Gasteiger partial charge on any atom is 0.251 e. The summed E-state index contributed by atoms with van der Waals surface area (Å²) in [5, 5.41) is 10.2. The first-order valence-corrected chi connectivity index (χ1v) is 11.1. The van der Waals surface area contributed by atoms with E-state index in [0.29, 0.717) is 16.8 Å². The molecule has 1 aromatic heterocycles. The summed E-state index contributed by atoms with van der Waals surface area (Å²) >= 11 is 0. The summed E-state index contributed by atoms with van der Waals surface area (Å²) in [6.45, 7) is 0. The number of carbonyl (C=O) groups excluding carboxylic acids is 2. The molecule has 1 atom stereocenters. The minimum Gasteiger partial charge on any atom is -0.345 e. The molecule has 1 unspecified atom stereocenters. The van der Waals surface area contributed by atoms with Crippen LogP contribution in [0.1, 0.15) is 39.5 Å². The number of carbonyl (C=O) groups is 2. The van der Waals surface area contributed by atoms with Crippen LogP contribution in [0.4, 0.5) is 10.1 Å². The van der Waals surface area contributed by atoms with Crippen LogP contribution in [0, 0.1) is 5.82 Å². The van der Waals surface area contributed by atoms with Gasteiger partial charge in [0.2, 0.25) is 5.91 Å². The van der Waals surface area contributed by atoms with E-state index in [1.807, 2.05) is 24.3 Å². The van der Waals surface area contributed by atoms with Gasteiger partial charge in [-0.15, -0.1) is 0 Å². The van der Waals surface area contributed by atoms with Crippen molar-refractivity contribution in [3.63, 3.8) is 0 Å². The Morgan fingerprint density at radius 3 is 2.68 bits per heavy atom. The van der Waals surface area contributed by atoms with Gasteiger partial charge in [-0.25, -0.2) is 9.07 Å². The van der Waals surface area contributed by atoms with E-state index in [1.54, 1.807) is 41.3 Å². The zero-order chi connectivity index (χ0) is 23.5. The molecular weight excluding hydrogens is 431 g/mol. The van der Waals surface area contributed by atoms with Crippen LogP contribution in [0.15, 0.2) is 85.2 Å². The summed E-state index contributed by atoms with van der Waals surface area (Å²) in [7, 11) is 0. The second-order valence-electron chi connectivity index (χ2n) is 8.34. The molecule has 4 aromatic rings. The number of amides is 2. The van der Waals surface area contributed by atoms with Gasteiger partial charge in [0.25, 0.3) is 5.91 Å². The van der Waals surface area contributed by atoms with Gasteiger partial charge in [-0.05, 0) is 65.9 Å². The van der Waals surface area contributed by atoms with Crippen LogP contribution in [0.5, 0.6) is 0 Å². The third-order valence-corrected chi connectivity index (χ3v) is 5.95. The minimum absolute atomic E-state index is 0.0352. The van der Waals surface area contributed by atoms with Crippen molar-refractivity contribution < 1.29 is 14.0 Å². The molecule has 0 saturated carbocycles. The Labute approximate surface area is 196 Å². The zero-order valence-electron chi connectivity index (χ0n) is 18.4. The maximum absolute atomic E-state index is 13.3. The number of hydrogen-bond donors (Lipinski definition) is 2. The number of fused-ring (bicyclic) bond motifs is 1. The third-order valence-electron chi connectivity index (χ3n) is 5.95. The normalized spacial score (nSPS) is 14.4. The molecule has 6 nitrogen and oxygen atoms in total. The van der Waals surface area contributed by atoms with Crippen LogP contribution in [0.2, 0.25) is 0 Å².